The van der Waals surface area contributed by atoms with Crippen molar-refractivity contribution in [1.82, 2.24) is 4.57 Å². The Labute approximate surface area is 118 Å². The molecule has 0 saturated heterocycles. The molecule has 0 aliphatic rings. The van der Waals surface area contributed by atoms with Gasteiger partial charge in [-0.05, 0) is 18.2 Å². The second-order valence-electron chi connectivity index (χ2n) is 4.62. The molecule has 0 aliphatic carbocycles. The highest BCUT2D eigenvalue weighted by molar-refractivity contribution is 5.89. The van der Waals surface area contributed by atoms with E-state index >= 15 is 0 Å². The number of nitro groups is 1. The third-order valence-electron chi connectivity index (χ3n) is 3.36. The Morgan fingerprint density at radius 2 is 1.86 bits per heavy atom. The summed E-state index contributed by atoms with van der Waals surface area (Å²) in [6, 6.07) is 10.3. The molecule has 0 unspecified atom stereocenters. The topological polar surface area (TPSA) is 48.1 Å². The number of benzene rings is 2. The summed E-state index contributed by atoms with van der Waals surface area (Å²) in [5.41, 5.74) is 0.790. The molecule has 4 nitrogen and oxygen atoms in total. The molecule has 0 atom stereocenters. The Balaban J connectivity index is 2.08. The van der Waals surface area contributed by atoms with Gasteiger partial charge in [-0.2, -0.15) is 0 Å². The van der Waals surface area contributed by atoms with Gasteiger partial charge in [0.2, 0.25) is 0 Å². The molecular weight excluding hydrogens is 278 g/mol. The highest BCUT2D eigenvalue weighted by atomic mass is 19.2. The maximum Gasteiger partial charge on any atom is 0.278 e. The molecule has 1 aromatic heterocycles. The summed E-state index contributed by atoms with van der Waals surface area (Å²) in [7, 11) is 0. The maximum atomic E-state index is 13.7. The zero-order chi connectivity index (χ0) is 15.0. The van der Waals surface area contributed by atoms with Crippen LogP contribution in [-0.4, -0.2) is 9.49 Å². The molecule has 3 rings (SSSR count). The molecule has 6 heteroatoms. The van der Waals surface area contributed by atoms with E-state index in [0.29, 0.717) is 10.9 Å². The molecule has 21 heavy (non-hydrogen) atoms. The van der Waals surface area contributed by atoms with Gasteiger partial charge in [0.15, 0.2) is 11.6 Å². The van der Waals surface area contributed by atoms with Gasteiger partial charge in [0.25, 0.3) is 5.69 Å². The van der Waals surface area contributed by atoms with Crippen molar-refractivity contribution in [2.75, 3.05) is 0 Å². The molecule has 2 aromatic carbocycles. The number of fused-ring (bicyclic) bond motifs is 1. The minimum absolute atomic E-state index is 0.00837. The number of aromatic nitrogens is 1. The van der Waals surface area contributed by atoms with Gasteiger partial charge in [-0.3, -0.25) is 10.1 Å². The number of non-ortho nitro benzene ring substituents is 1. The molecule has 0 bridgehead atoms. The predicted molar refractivity (Wildman–Crippen MR) is 74.1 cm³/mol. The lowest BCUT2D eigenvalue weighted by Crippen LogP contribution is -2.02. The van der Waals surface area contributed by atoms with E-state index in [1.807, 2.05) is 0 Å². The lowest BCUT2D eigenvalue weighted by Gasteiger charge is -2.07. The van der Waals surface area contributed by atoms with Crippen molar-refractivity contribution >= 4 is 16.6 Å². The van der Waals surface area contributed by atoms with Crippen LogP contribution < -0.4 is 0 Å². The predicted octanol–water partition coefficient (Wildman–Crippen LogP) is 3.88. The van der Waals surface area contributed by atoms with Gasteiger partial charge in [-0.1, -0.05) is 18.2 Å². The quantitative estimate of drug-likeness (QED) is 0.542. The Morgan fingerprint density at radius 1 is 1.10 bits per heavy atom. The Morgan fingerprint density at radius 3 is 2.62 bits per heavy atom. The van der Waals surface area contributed by atoms with E-state index in [4.69, 9.17) is 0 Å². The first-order chi connectivity index (χ1) is 10.1. The minimum Gasteiger partial charge on any atom is -0.343 e. The van der Waals surface area contributed by atoms with Gasteiger partial charge in [0.1, 0.15) is 0 Å². The normalized spacial score (nSPS) is 11.0. The lowest BCUT2D eigenvalue weighted by atomic mass is 10.2. The van der Waals surface area contributed by atoms with Crippen LogP contribution in [0.25, 0.3) is 10.9 Å². The van der Waals surface area contributed by atoms with E-state index in [1.165, 1.54) is 18.2 Å². The third kappa shape index (κ3) is 2.24. The number of nitro benzene ring substituents is 1. The van der Waals surface area contributed by atoms with E-state index in [9.17, 15) is 18.9 Å². The first kappa shape index (κ1) is 13.2. The van der Waals surface area contributed by atoms with Gasteiger partial charge >= 0.3 is 0 Å². The summed E-state index contributed by atoms with van der Waals surface area (Å²) >= 11 is 0. The fourth-order valence-corrected chi connectivity index (χ4v) is 2.36. The maximum absolute atomic E-state index is 13.7. The van der Waals surface area contributed by atoms with E-state index in [-0.39, 0.29) is 17.8 Å². The van der Waals surface area contributed by atoms with Crippen LogP contribution in [-0.2, 0) is 6.54 Å². The minimum atomic E-state index is -0.907. The molecule has 0 saturated carbocycles. The van der Waals surface area contributed by atoms with Gasteiger partial charge in [-0.15, -0.1) is 0 Å². The van der Waals surface area contributed by atoms with Crippen LogP contribution in [0.3, 0.4) is 0 Å². The Kier molecular flexibility index (Phi) is 3.13. The number of hydrogen-bond acceptors (Lipinski definition) is 2. The van der Waals surface area contributed by atoms with E-state index in [2.05, 4.69) is 0 Å². The Bertz CT molecular complexity index is 843. The zero-order valence-corrected chi connectivity index (χ0v) is 10.8. The van der Waals surface area contributed by atoms with Crippen LogP contribution >= 0.6 is 0 Å². The number of nitrogens with zero attached hydrogens (tertiary/aromatic N) is 2. The average Bonchev–Trinajstić information content (AvgIpc) is 2.87. The summed E-state index contributed by atoms with van der Waals surface area (Å²) in [5, 5.41) is 11.4. The zero-order valence-electron chi connectivity index (χ0n) is 10.8. The summed E-state index contributed by atoms with van der Waals surface area (Å²) < 4.78 is 28.6. The van der Waals surface area contributed by atoms with Crippen LogP contribution in [0.15, 0.2) is 48.7 Å². The van der Waals surface area contributed by atoms with Crippen molar-refractivity contribution in [3.05, 3.63) is 76.0 Å². The van der Waals surface area contributed by atoms with Crippen molar-refractivity contribution in [1.29, 1.82) is 0 Å². The molecule has 0 aliphatic heterocycles. The molecule has 0 spiro atoms. The monoisotopic (exact) mass is 288 g/mol. The molecular formula is C15H10F2N2O2. The number of rotatable bonds is 3. The summed E-state index contributed by atoms with van der Waals surface area (Å²) in [6.07, 6.45) is 1.63. The summed E-state index contributed by atoms with van der Waals surface area (Å²) in [5.74, 6) is -1.81. The Hall–Kier alpha value is -2.76. The van der Waals surface area contributed by atoms with Gasteiger partial charge < -0.3 is 4.57 Å². The highest BCUT2D eigenvalue weighted by Crippen LogP contribution is 2.27. The molecule has 0 fully saturated rings. The van der Waals surface area contributed by atoms with E-state index in [0.717, 1.165) is 6.07 Å². The van der Waals surface area contributed by atoms with Gasteiger partial charge in [0.05, 0.1) is 22.4 Å². The lowest BCUT2D eigenvalue weighted by molar-refractivity contribution is -0.383. The SMILES string of the molecule is O=[N+]([O-])c1cccc2c1ccn2Cc1cccc(F)c1F. The summed E-state index contributed by atoms with van der Waals surface area (Å²) in [6.45, 7) is 0.105. The third-order valence-corrected chi connectivity index (χ3v) is 3.36. The van der Waals surface area contributed by atoms with Crippen molar-refractivity contribution < 1.29 is 13.7 Å². The first-order valence-corrected chi connectivity index (χ1v) is 6.23. The van der Waals surface area contributed by atoms with Crippen molar-refractivity contribution in [3.63, 3.8) is 0 Å². The fourth-order valence-electron chi connectivity index (χ4n) is 2.36. The largest absolute Gasteiger partial charge is 0.343 e. The van der Waals surface area contributed by atoms with Crippen LogP contribution in [0.2, 0.25) is 0 Å². The second kappa shape index (κ2) is 4.97. The van der Waals surface area contributed by atoms with Crippen LogP contribution in [0.4, 0.5) is 14.5 Å². The van der Waals surface area contributed by atoms with Crippen molar-refractivity contribution in [2.45, 2.75) is 6.54 Å². The molecule has 106 valence electrons. The van der Waals surface area contributed by atoms with Crippen LogP contribution in [0.5, 0.6) is 0 Å². The molecule has 3 aromatic rings. The van der Waals surface area contributed by atoms with Crippen molar-refractivity contribution in [2.24, 2.45) is 0 Å². The van der Waals surface area contributed by atoms with Crippen molar-refractivity contribution in [3.8, 4) is 0 Å². The van der Waals surface area contributed by atoms with E-state index in [1.54, 1.807) is 29.0 Å². The average molecular weight is 288 g/mol. The second-order valence-corrected chi connectivity index (χ2v) is 4.62. The van der Waals surface area contributed by atoms with Gasteiger partial charge in [0, 0.05) is 17.8 Å². The van der Waals surface area contributed by atoms with Crippen LogP contribution in [0.1, 0.15) is 5.56 Å². The number of halogens is 2. The fraction of sp³-hybridized carbons (Fsp3) is 0.0667. The summed E-state index contributed by atoms with van der Waals surface area (Å²) in [4.78, 5) is 10.5. The standard InChI is InChI=1S/C15H10F2N2O2/c16-12-4-1-3-10(15(12)17)9-18-8-7-11-13(18)5-2-6-14(11)19(20)21/h1-8H,9H2. The number of hydrogen-bond donors (Lipinski definition) is 0. The smallest absolute Gasteiger partial charge is 0.278 e. The molecule has 1 heterocycles. The molecule has 0 amide bonds. The van der Waals surface area contributed by atoms with Gasteiger partial charge in [-0.25, -0.2) is 8.78 Å². The highest BCUT2D eigenvalue weighted by Gasteiger charge is 2.15. The molecule has 0 radical (unpaired) electrons. The van der Waals surface area contributed by atoms with E-state index < -0.39 is 16.6 Å². The first-order valence-electron chi connectivity index (χ1n) is 6.23. The molecule has 0 N–H and O–H groups in total. The van der Waals surface area contributed by atoms with Crippen LogP contribution in [0, 0.1) is 21.7 Å².